The van der Waals surface area contributed by atoms with Gasteiger partial charge in [0.15, 0.2) is 9.84 Å². The molecular weight excluding hydrogens is 503 g/mol. The molecule has 7 nitrogen and oxygen atoms in total. The van der Waals surface area contributed by atoms with Gasteiger partial charge in [0.1, 0.15) is 5.82 Å². The topological polar surface area (TPSA) is 94.0 Å². The van der Waals surface area contributed by atoms with Crippen LogP contribution < -0.4 is 5.32 Å². The molecule has 0 fully saturated rings. The molecule has 2 aromatic heterocycles. The highest BCUT2D eigenvalue weighted by Gasteiger charge is 2.18. The highest BCUT2D eigenvalue weighted by Crippen LogP contribution is 2.34. The zero-order valence-corrected chi connectivity index (χ0v) is 20.9. The third-order valence-electron chi connectivity index (χ3n) is 4.96. The Morgan fingerprint density at radius 1 is 1.12 bits per heavy atom. The van der Waals surface area contributed by atoms with Gasteiger partial charge in [-0.25, -0.2) is 13.4 Å². The maximum atomic E-state index is 12.6. The Morgan fingerprint density at radius 2 is 1.85 bits per heavy atom. The van der Waals surface area contributed by atoms with Crippen LogP contribution in [0, 0.1) is 13.8 Å². The first-order valence-corrected chi connectivity index (χ1v) is 13.3. The van der Waals surface area contributed by atoms with Gasteiger partial charge in [-0.3, -0.25) is 4.79 Å². The van der Waals surface area contributed by atoms with Crippen LogP contribution in [0.1, 0.15) is 24.1 Å². The van der Waals surface area contributed by atoms with E-state index >= 15 is 0 Å². The van der Waals surface area contributed by atoms with Gasteiger partial charge in [0.05, 0.1) is 31.6 Å². The Balaban J connectivity index is 1.46. The fraction of sp³-hybridized carbons (Fsp3) is 0.227. The first kappa shape index (κ1) is 23.7. The van der Waals surface area contributed by atoms with Crippen molar-refractivity contribution in [1.82, 2.24) is 14.8 Å². The van der Waals surface area contributed by atoms with E-state index in [2.05, 4.69) is 15.4 Å². The normalized spacial score (nSPS) is 11.8. The van der Waals surface area contributed by atoms with E-state index in [9.17, 15) is 13.2 Å². The number of aryl methyl sites for hydroxylation is 2. The number of nitrogens with one attached hydrogen (secondary N) is 1. The number of hydrogen-bond donors (Lipinski definition) is 1. The van der Waals surface area contributed by atoms with Gasteiger partial charge in [0.25, 0.3) is 0 Å². The third-order valence-corrected chi connectivity index (χ3v) is 8.52. The minimum Gasteiger partial charge on any atom is -0.311 e. The molecule has 0 saturated carbocycles. The van der Waals surface area contributed by atoms with E-state index in [0.717, 1.165) is 15.8 Å². The average molecular weight is 523 g/mol. The van der Waals surface area contributed by atoms with Gasteiger partial charge in [-0.05, 0) is 56.2 Å². The molecule has 11 heteroatoms. The van der Waals surface area contributed by atoms with E-state index in [1.54, 1.807) is 10.7 Å². The van der Waals surface area contributed by atoms with E-state index in [1.807, 2.05) is 26.0 Å². The molecule has 0 aliphatic carbocycles. The lowest BCUT2D eigenvalue weighted by molar-refractivity contribution is -0.116. The summed E-state index contributed by atoms with van der Waals surface area (Å²) >= 11 is 13.5. The quantitative estimate of drug-likeness (QED) is 0.341. The Hall–Kier alpha value is -2.46. The molecule has 0 aliphatic rings. The fourth-order valence-corrected chi connectivity index (χ4v) is 6.02. The zero-order valence-electron chi connectivity index (χ0n) is 17.8. The van der Waals surface area contributed by atoms with Gasteiger partial charge < -0.3 is 5.32 Å². The number of amides is 1. The average Bonchev–Trinajstić information content (AvgIpc) is 3.35. The third kappa shape index (κ3) is 5.22. The Morgan fingerprint density at radius 3 is 2.55 bits per heavy atom. The minimum absolute atomic E-state index is 0.0435. The summed E-state index contributed by atoms with van der Waals surface area (Å²) in [5, 5.41) is 8.92. The summed E-state index contributed by atoms with van der Waals surface area (Å²) in [5.41, 5.74) is 2.49. The molecule has 0 atom stereocenters. The van der Waals surface area contributed by atoms with Crippen LogP contribution in [-0.4, -0.2) is 34.8 Å². The Labute approximate surface area is 205 Å². The van der Waals surface area contributed by atoms with Gasteiger partial charge >= 0.3 is 0 Å². The van der Waals surface area contributed by atoms with Gasteiger partial charge in [-0.1, -0.05) is 40.6 Å². The van der Waals surface area contributed by atoms with Crippen LogP contribution in [0.25, 0.3) is 15.3 Å². The van der Waals surface area contributed by atoms with Crippen molar-refractivity contribution in [3.8, 4) is 5.13 Å². The number of rotatable bonds is 7. The minimum atomic E-state index is -3.49. The molecule has 1 amide bonds. The number of carbonyl (C=O) groups excluding carboxylic acids is 1. The van der Waals surface area contributed by atoms with Crippen LogP contribution in [0.15, 0.2) is 47.4 Å². The van der Waals surface area contributed by atoms with E-state index in [-0.39, 0.29) is 29.4 Å². The van der Waals surface area contributed by atoms with Crippen LogP contribution in [0.3, 0.4) is 0 Å². The van der Waals surface area contributed by atoms with Crippen molar-refractivity contribution in [2.24, 2.45) is 0 Å². The molecule has 2 heterocycles. The molecule has 0 aliphatic heterocycles. The van der Waals surface area contributed by atoms with Gasteiger partial charge in [-0.15, -0.1) is 0 Å². The number of aromatic nitrogens is 3. The lowest BCUT2D eigenvalue weighted by atomic mass is 10.2. The summed E-state index contributed by atoms with van der Waals surface area (Å²) in [6.07, 6.45) is 0.224. The summed E-state index contributed by atoms with van der Waals surface area (Å²) in [6, 6.07) is 11.5. The van der Waals surface area contributed by atoms with E-state index in [1.165, 1.54) is 35.6 Å². The largest absolute Gasteiger partial charge is 0.311 e. The second kappa shape index (κ2) is 9.42. The Bertz CT molecular complexity index is 1410. The molecule has 4 rings (SSSR count). The first-order valence-electron chi connectivity index (χ1n) is 10.0. The van der Waals surface area contributed by atoms with Crippen LogP contribution in [0.4, 0.5) is 5.82 Å². The molecule has 0 radical (unpaired) electrons. The highest BCUT2D eigenvalue weighted by molar-refractivity contribution is 7.91. The smallest absolute Gasteiger partial charge is 0.225 e. The fourth-order valence-electron chi connectivity index (χ4n) is 3.30. The summed E-state index contributed by atoms with van der Waals surface area (Å²) in [7, 11) is -3.49. The predicted octanol–water partition coefficient (Wildman–Crippen LogP) is 5.60. The van der Waals surface area contributed by atoms with Crippen molar-refractivity contribution >= 4 is 66.3 Å². The van der Waals surface area contributed by atoms with Crippen LogP contribution in [0.2, 0.25) is 10.0 Å². The van der Waals surface area contributed by atoms with Crippen LogP contribution >= 0.6 is 34.5 Å². The number of hydrogen-bond acceptors (Lipinski definition) is 6. The van der Waals surface area contributed by atoms with E-state index in [0.29, 0.717) is 26.7 Å². The lowest BCUT2D eigenvalue weighted by Gasteiger charge is -2.07. The predicted molar refractivity (Wildman–Crippen MR) is 133 cm³/mol. The summed E-state index contributed by atoms with van der Waals surface area (Å²) < 4.78 is 27.3. The summed E-state index contributed by atoms with van der Waals surface area (Å²) in [6.45, 7) is 3.77. The number of sulfone groups is 1. The van der Waals surface area contributed by atoms with Crippen molar-refractivity contribution in [2.45, 2.75) is 31.6 Å². The second-order valence-corrected chi connectivity index (χ2v) is 11.5. The van der Waals surface area contributed by atoms with Crippen LogP contribution in [-0.2, 0) is 14.6 Å². The number of anilines is 1. The molecule has 0 spiro atoms. The molecule has 0 bridgehead atoms. The Kier molecular flexibility index (Phi) is 6.76. The molecule has 172 valence electrons. The molecule has 4 aromatic rings. The molecule has 0 unspecified atom stereocenters. The number of benzene rings is 2. The highest BCUT2D eigenvalue weighted by atomic mass is 35.5. The second-order valence-electron chi connectivity index (χ2n) is 7.55. The molecule has 33 heavy (non-hydrogen) atoms. The van der Waals surface area contributed by atoms with Crippen molar-refractivity contribution in [2.75, 3.05) is 11.1 Å². The SMILES string of the molecule is Cc1cc(NC(=O)CCCS(=O)(=O)c2ccc(Cl)cc2)n(-c2nc3c(C)ccc(Cl)c3s2)n1. The molecule has 1 N–H and O–H groups in total. The van der Waals surface area contributed by atoms with E-state index in [4.69, 9.17) is 23.2 Å². The molecule has 2 aromatic carbocycles. The molecule has 0 saturated heterocycles. The number of nitrogens with zero attached hydrogens (tertiary/aromatic N) is 3. The number of carbonyl (C=O) groups is 1. The van der Waals surface area contributed by atoms with Crippen molar-refractivity contribution < 1.29 is 13.2 Å². The number of thiazole rings is 1. The summed E-state index contributed by atoms with van der Waals surface area (Å²) in [5.74, 6) is 0.0133. The van der Waals surface area contributed by atoms with E-state index < -0.39 is 9.84 Å². The zero-order chi connectivity index (χ0) is 23.8. The van der Waals surface area contributed by atoms with Gasteiger partial charge in [0, 0.05) is 17.5 Å². The monoisotopic (exact) mass is 522 g/mol. The van der Waals surface area contributed by atoms with Crippen LogP contribution in [0.5, 0.6) is 0 Å². The maximum Gasteiger partial charge on any atom is 0.225 e. The number of fused-ring (bicyclic) bond motifs is 1. The van der Waals surface area contributed by atoms with Crippen molar-refractivity contribution in [3.63, 3.8) is 0 Å². The van der Waals surface area contributed by atoms with Crippen molar-refractivity contribution in [1.29, 1.82) is 0 Å². The van der Waals surface area contributed by atoms with Gasteiger partial charge in [0.2, 0.25) is 11.0 Å². The number of halogens is 2. The standard InChI is InChI=1S/C22H20Cl2N4O3S2/c1-13-5-10-17(24)21-20(13)26-22(32-21)28-18(12-14(2)27-28)25-19(29)4-3-11-33(30,31)16-8-6-15(23)7-9-16/h5-10,12H,3-4,11H2,1-2H3,(H,25,29). The summed E-state index contributed by atoms with van der Waals surface area (Å²) in [4.78, 5) is 17.4. The lowest BCUT2D eigenvalue weighted by Crippen LogP contribution is -2.16. The first-order chi connectivity index (χ1) is 15.6. The van der Waals surface area contributed by atoms with Crippen molar-refractivity contribution in [3.05, 3.63) is 63.8 Å². The van der Waals surface area contributed by atoms with Gasteiger partial charge in [-0.2, -0.15) is 9.78 Å². The molecular formula is C22H20Cl2N4O3S2. The maximum absolute atomic E-state index is 12.6.